The van der Waals surface area contributed by atoms with Gasteiger partial charge in [0.15, 0.2) is 0 Å². The van der Waals surface area contributed by atoms with Crippen molar-refractivity contribution in [3.05, 3.63) is 29.8 Å². The van der Waals surface area contributed by atoms with Crippen molar-refractivity contribution in [1.82, 2.24) is 15.1 Å². The normalized spacial score (nSPS) is 23.3. The molecule has 6 heteroatoms. The molecule has 3 rings (SSSR count). The zero-order chi connectivity index (χ0) is 17.6. The van der Waals surface area contributed by atoms with Gasteiger partial charge in [-0.15, -0.1) is 0 Å². The minimum Gasteiger partial charge on any atom is -0.494 e. The summed E-state index contributed by atoms with van der Waals surface area (Å²) in [6.07, 6.45) is 0. The van der Waals surface area contributed by atoms with E-state index in [1.807, 2.05) is 36.1 Å². The Bertz CT molecular complexity index is 575. The molecule has 1 aromatic carbocycles. The highest BCUT2D eigenvalue weighted by Crippen LogP contribution is 2.32. The highest BCUT2D eigenvalue weighted by Gasteiger charge is 2.35. The third kappa shape index (κ3) is 4.32. The first-order chi connectivity index (χ1) is 12.2. The minimum absolute atomic E-state index is 0.157. The van der Waals surface area contributed by atoms with Gasteiger partial charge in [0.2, 0.25) is 5.91 Å². The minimum atomic E-state index is -0.301. The maximum absolute atomic E-state index is 13.4. The molecule has 138 valence electrons. The zero-order valence-electron chi connectivity index (χ0n) is 15.2. The van der Waals surface area contributed by atoms with Crippen LogP contribution in [0.1, 0.15) is 25.5 Å². The molecule has 2 aliphatic rings. The molecule has 1 N–H and O–H groups in total. The van der Waals surface area contributed by atoms with E-state index in [-0.39, 0.29) is 11.9 Å². The standard InChI is InChI=1S/C19H29N3O3/c1-3-25-17-7-5-4-6-16(17)18(22-9-8-20-15(2)14-22)19(23)21-10-12-24-13-11-21/h4-7,15,18,20H,3,8-14H2,1-2H3. The van der Waals surface area contributed by atoms with Crippen LogP contribution in [-0.2, 0) is 9.53 Å². The number of carbonyl (C=O) groups is 1. The number of morpholine rings is 1. The molecule has 2 fully saturated rings. The number of carbonyl (C=O) groups excluding carboxylic acids is 1. The monoisotopic (exact) mass is 347 g/mol. The summed E-state index contributed by atoms with van der Waals surface area (Å²) >= 11 is 0. The van der Waals surface area contributed by atoms with Gasteiger partial charge in [0, 0.05) is 44.3 Å². The lowest BCUT2D eigenvalue weighted by Gasteiger charge is -2.40. The lowest BCUT2D eigenvalue weighted by molar-refractivity contribution is -0.142. The average Bonchev–Trinajstić information content (AvgIpc) is 2.64. The second-order valence-electron chi connectivity index (χ2n) is 6.66. The molecule has 0 spiro atoms. The van der Waals surface area contributed by atoms with Crippen molar-refractivity contribution < 1.29 is 14.3 Å². The number of nitrogens with one attached hydrogen (secondary N) is 1. The Morgan fingerprint density at radius 2 is 2.08 bits per heavy atom. The highest BCUT2D eigenvalue weighted by atomic mass is 16.5. The van der Waals surface area contributed by atoms with E-state index in [0.29, 0.717) is 39.0 Å². The molecule has 6 nitrogen and oxygen atoms in total. The summed E-state index contributed by atoms with van der Waals surface area (Å²) in [5.74, 6) is 0.965. The van der Waals surface area contributed by atoms with Crippen LogP contribution in [-0.4, -0.2) is 74.3 Å². The fraction of sp³-hybridized carbons (Fsp3) is 0.632. The molecule has 1 aromatic rings. The zero-order valence-corrected chi connectivity index (χ0v) is 15.2. The summed E-state index contributed by atoms with van der Waals surface area (Å²) in [6, 6.07) is 8.01. The van der Waals surface area contributed by atoms with Gasteiger partial charge in [-0.05, 0) is 19.9 Å². The number of benzene rings is 1. The van der Waals surface area contributed by atoms with Crippen LogP contribution >= 0.6 is 0 Å². The fourth-order valence-corrected chi connectivity index (χ4v) is 3.63. The van der Waals surface area contributed by atoms with E-state index in [0.717, 1.165) is 30.9 Å². The van der Waals surface area contributed by atoms with Gasteiger partial charge >= 0.3 is 0 Å². The Morgan fingerprint density at radius 3 is 2.80 bits per heavy atom. The van der Waals surface area contributed by atoms with Crippen molar-refractivity contribution in [2.45, 2.75) is 25.9 Å². The van der Waals surface area contributed by atoms with Gasteiger partial charge in [-0.2, -0.15) is 0 Å². The number of hydrogen-bond donors (Lipinski definition) is 1. The molecule has 2 unspecified atom stereocenters. The maximum Gasteiger partial charge on any atom is 0.244 e. The Morgan fingerprint density at radius 1 is 1.32 bits per heavy atom. The van der Waals surface area contributed by atoms with E-state index in [1.165, 1.54) is 0 Å². The van der Waals surface area contributed by atoms with Crippen molar-refractivity contribution in [1.29, 1.82) is 0 Å². The fourth-order valence-electron chi connectivity index (χ4n) is 3.63. The van der Waals surface area contributed by atoms with E-state index < -0.39 is 0 Å². The van der Waals surface area contributed by atoms with Crippen LogP contribution in [0.3, 0.4) is 0 Å². The topological polar surface area (TPSA) is 54.0 Å². The van der Waals surface area contributed by atoms with Crippen LogP contribution in [0, 0.1) is 0 Å². The molecule has 0 radical (unpaired) electrons. The molecular weight excluding hydrogens is 318 g/mol. The average molecular weight is 347 g/mol. The molecule has 2 atom stereocenters. The van der Waals surface area contributed by atoms with Gasteiger partial charge in [0.1, 0.15) is 11.8 Å². The van der Waals surface area contributed by atoms with Gasteiger partial charge in [-0.25, -0.2) is 0 Å². The van der Waals surface area contributed by atoms with Crippen LogP contribution in [0.15, 0.2) is 24.3 Å². The lowest BCUT2D eigenvalue weighted by atomic mass is 10.0. The molecule has 1 amide bonds. The first kappa shape index (κ1) is 18.2. The van der Waals surface area contributed by atoms with Crippen LogP contribution in [0.5, 0.6) is 5.75 Å². The Balaban J connectivity index is 1.92. The number of para-hydroxylation sites is 1. The summed E-state index contributed by atoms with van der Waals surface area (Å²) in [7, 11) is 0. The van der Waals surface area contributed by atoms with E-state index in [1.54, 1.807) is 0 Å². The van der Waals surface area contributed by atoms with Crippen LogP contribution < -0.4 is 10.1 Å². The van der Waals surface area contributed by atoms with E-state index in [9.17, 15) is 4.79 Å². The van der Waals surface area contributed by atoms with Gasteiger partial charge in [-0.3, -0.25) is 9.69 Å². The van der Waals surface area contributed by atoms with Crippen LogP contribution in [0.25, 0.3) is 0 Å². The van der Waals surface area contributed by atoms with Gasteiger partial charge in [0.05, 0.1) is 19.8 Å². The summed E-state index contributed by atoms with van der Waals surface area (Å²) in [6.45, 7) is 9.87. The number of rotatable bonds is 5. The quantitative estimate of drug-likeness (QED) is 0.870. The smallest absolute Gasteiger partial charge is 0.244 e. The Labute approximate surface area is 150 Å². The number of nitrogens with zero attached hydrogens (tertiary/aromatic N) is 2. The molecule has 2 heterocycles. The summed E-state index contributed by atoms with van der Waals surface area (Å²) in [5.41, 5.74) is 0.968. The molecule has 0 bridgehead atoms. The molecule has 0 saturated carbocycles. The largest absolute Gasteiger partial charge is 0.494 e. The first-order valence-corrected chi connectivity index (χ1v) is 9.26. The predicted molar refractivity (Wildman–Crippen MR) is 96.8 cm³/mol. The second-order valence-corrected chi connectivity index (χ2v) is 6.66. The SMILES string of the molecule is CCOc1ccccc1C(C(=O)N1CCOCC1)N1CCNC(C)C1. The number of hydrogen-bond acceptors (Lipinski definition) is 5. The molecule has 2 saturated heterocycles. The Kier molecular flexibility index (Phi) is 6.29. The molecule has 0 aliphatic carbocycles. The second kappa shape index (κ2) is 8.65. The summed E-state index contributed by atoms with van der Waals surface area (Å²) in [5, 5.41) is 3.46. The van der Waals surface area contributed by atoms with E-state index in [4.69, 9.17) is 9.47 Å². The summed E-state index contributed by atoms with van der Waals surface area (Å²) in [4.78, 5) is 17.6. The Hall–Kier alpha value is -1.63. The molecular formula is C19H29N3O3. The van der Waals surface area contributed by atoms with Crippen molar-refractivity contribution in [2.24, 2.45) is 0 Å². The van der Waals surface area contributed by atoms with Gasteiger partial charge in [0.25, 0.3) is 0 Å². The third-order valence-electron chi connectivity index (χ3n) is 4.84. The first-order valence-electron chi connectivity index (χ1n) is 9.26. The van der Waals surface area contributed by atoms with Crippen molar-refractivity contribution in [2.75, 3.05) is 52.5 Å². The van der Waals surface area contributed by atoms with Crippen molar-refractivity contribution >= 4 is 5.91 Å². The van der Waals surface area contributed by atoms with Crippen molar-refractivity contribution in [3.63, 3.8) is 0 Å². The van der Waals surface area contributed by atoms with Crippen molar-refractivity contribution in [3.8, 4) is 5.75 Å². The maximum atomic E-state index is 13.4. The molecule has 0 aromatic heterocycles. The third-order valence-corrected chi connectivity index (χ3v) is 4.84. The van der Waals surface area contributed by atoms with Gasteiger partial charge < -0.3 is 19.7 Å². The van der Waals surface area contributed by atoms with E-state index in [2.05, 4.69) is 17.1 Å². The van der Waals surface area contributed by atoms with Gasteiger partial charge in [-0.1, -0.05) is 18.2 Å². The molecule has 25 heavy (non-hydrogen) atoms. The molecule has 2 aliphatic heterocycles. The lowest BCUT2D eigenvalue weighted by Crippen LogP contribution is -2.54. The number of amides is 1. The summed E-state index contributed by atoms with van der Waals surface area (Å²) < 4.78 is 11.3. The highest BCUT2D eigenvalue weighted by molar-refractivity contribution is 5.84. The predicted octanol–water partition coefficient (Wildman–Crippen LogP) is 1.28. The number of ether oxygens (including phenoxy) is 2. The van der Waals surface area contributed by atoms with Crippen LogP contribution in [0.4, 0.5) is 0 Å². The van der Waals surface area contributed by atoms with E-state index >= 15 is 0 Å². The number of piperazine rings is 1. The van der Waals surface area contributed by atoms with Crippen LogP contribution in [0.2, 0.25) is 0 Å².